The van der Waals surface area contributed by atoms with Crippen LogP contribution in [0.25, 0.3) is 0 Å². The van der Waals surface area contributed by atoms with Gasteiger partial charge in [-0.05, 0) is 67.5 Å². The molecule has 7 nitrogen and oxygen atoms in total. The molecule has 0 bridgehead atoms. The Labute approximate surface area is 220 Å². The molecule has 2 aromatic rings. The summed E-state index contributed by atoms with van der Waals surface area (Å²) in [6.45, 7) is 5.63. The molecular weight excluding hydrogens is 466 g/mol. The second kappa shape index (κ2) is 11.1. The molecule has 7 heteroatoms. The van der Waals surface area contributed by atoms with Crippen molar-refractivity contribution < 1.29 is 19.1 Å². The second-order valence-corrected chi connectivity index (χ2v) is 10.4. The van der Waals surface area contributed by atoms with Crippen LogP contribution in [-0.2, 0) is 11.2 Å². The molecule has 3 atom stereocenters. The molecule has 0 aliphatic carbocycles. The molecule has 0 radical (unpaired) electrons. The summed E-state index contributed by atoms with van der Waals surface area (Å²) in [5, 5.41) is 3.23. The summed E-state index contributed by atoms with van der Waals surface area (Å²) in [6, 6.07) is 12.1. The van der Waals surface area contributed by atoms with E-state index in [2.05, 4.69) is 29.3 Å². The molecule has 0 aromatic heterocycles. The Morgan fingerprint density at radius 2 is 1.84 bits per heavy atom. The van der Waals surface area contributed by atoms with E-state index in [4.69, 9.17) is 9.47 Å². The van der Waals surface area contributed by atoms with Gasteiger partial charge in [-0.2, -0.15) is 0 Å². The number of carbonyl (C=O) groups excluding carboxylic acids is 2. The lowest BCUT2D eigenvalue weighted by molar-refractivity contribution is -0.124. The molecule has 5 rings (SSSR count). The second-order valence-electron chi connectivity index (χ2n) is 10.4. The summed E-state index contributed by atoms with van der Waals surface area (Å²) in [4.78, 5) is 32.1. The summed E-state index contributed by atoms with van der Waals surface area (Å²) in [5.41, 5.74) is 3.49. The number of rotatable bonds is 8. The fourth-order valence-electron chi connectivity index (χ4n) is 6.55. The lowest BCUT2D eigenvalue weighted by atomic mass is 9.75. The van der Waals surface area contributed by atoms with Crippen LogP contribution in [0.1, 0.15) is 78.0 Å². The fraction of sp³-hybridized carbons (Fsp3) is 0.533. The molecule has 1 fully saturated rings. The highest BCUT2D eigenvalue weighted by Crippen LogP contribution is 2.48. The SMILES string of the molecule is CCC1CCCCN1CCCNC(=O)C1c2cc(OC)c(OC)cc2C(=O)N2CCc3ccccc3C12. The number of amides is 2. The maximum absolute atomic E-state index is 13.9. The van der Waals surface area contributed by atoms with Crippen LogP contribution in [0.2, 0.25) is 0 Å². The number of hydrogen-bond donors (Lipinski definition) is 1. The van der Waals surface area contributed by atoms with Crippen molar-refractivity contribution in [1.29, 1.82) is 0 Å². The quantitative estimate of drug-likeness (QED) is 0.542. The van der Waals surface area contributed by atoms with E-state index in [0.29, 0.717) is 41.8 Å². The van der Waals surface area contributed by atoms with Crippen molar-refractivity contribution in [3.63, 3.8) is 0 Å². The van der Waals surface area contributed by atoms with Gasteiger partial charge >= 0.3 is 0 Å². The van der Waals surface area contributed by atoms with Crippen molar-refractivity contribution in [1.82, 2.24) is 15.1 Å². The standard InChI is InChI=1S/C30H39N3O4/c1-4-21-11-7-8-15-32(21)16-9-14-31-29(34)27-23-18-25(36-2)26(37-3)19-24(23)30(35)33-17-13-20-10-5-6-12-22(20)28(27)33/h5-6,10,12,18-19,21,27-28H,4,7-9,11,13-17H2,1-3H3,(H,31,34). The number of likely N-dealkylation sites (tertiary alicyclic amines) is 1. The van der Waals surface area contributed by atoms with Crippen LogP contribution in [0.15, 0.2) is 36.4 Å². The first-order valence-corrected chi connectivity index (χ1v) is 13.7. The number of ether oxygens (including phenoxy) is 2. The van der Waals surface area contributed by atoms with E-state index < -0.39 is 5.92 Å². The summed E-state index contributed by atoms with van der Waals surface area (Å²) in [5.74, 6) is 0.401. The fourth-order valence-corrected chi connectivity index (χ4v) is 6.55. The van der Waals surface area contributed by atoms with Crippen LogP contribution < -0.4 is 14.8 Å². The Morgan fingerprint density at radius 3 is 2.62 bits per heavy atom. The largest absolute Gasteiger partial charge is 0.493 e. The minimum atomic E-state index is -0.521. The number of nitrogens with zero attached hydrogens (tertiary/aromatic N) is 2. The third-order valence-electron chi connectivity index (χ3n) is 8.45. The summed E-state index contributed by atoms with van der Waals surface area (Å²) in [7, 11) is 3.14. The predicted octanol–water partition coefficient (Wildman–Crippen LogP) is 4.31. The molecule has 1 saturated heterocycles. The van der Waals surface area contributed by atoms with Gasteiger partial charge in [0.05, 0.1) is 26.2 Å². The Morgan fingerprint density at radius 1 is 1.05 bits per heavy atom. The van der Waals surface area contributed by atoms with Crippen molar-refractivity contribution >= 4 is 11.8 Å². The van der Waals surface area contributed by atoms with Crippen LogP contribution in [-0.4, -0.2) is 68.1 Å². The van der Waals surface area contributed by atoms with Crippen LogP contribution in [0, 0.1) is 0 Å². The lowest BCUT2D eigenvalue weighted by Crippen LogP contribution is -2.50. The van der Waals surface area contributed by atoms with E-state index in [1.807, 2.05) is 23.1 Å². The molecule has 0 saturated carbocycles. The monoisotopic (exact) mass is 505 g/mol. The van der Waals surface area contributed by atoms with Gasteiger partial charge in [0.25, 0.3) is 5.91 Å². The average Bonchev–Trinajstić information content (AvgIpc) is 2.94. The molecule has 3 heterocycles. The van der Waals surface area contributed by atoms with E-state index in [-0.39, 0.29) is 17.9 Å². The zero-order valence-corrected chi connectivity index (χ0v) is 22.3. The minimum Gasteiger partial charge on any atom is -0.493 e. The van der Waals surface area contributed by atoms with Crippen molar-refractivity contribution in [2.75, 3.05) is 40.4 Å². The number of nitrogens with one attached hydrogen (secondary N) is 1. The van der Waals surface area contributed by atoms with E-state index in [1.54, 1.807) is 20.3 Å². The van der Waals surface area contributed by atoms with Gasteiger partial charge in [0, 0.05) is 31.2 Å². The summed E-state index contributed by atoms with van der Waals surface area (Å²) < 4.78 is 11.1. The van der Waals surface area contributed by atoms with Crippen molar-refractivity contribution in [2.24, 2.45) is 0 Å². The number of benzene rings is 2. The molecule has 1 N–H and O–H groups in total. The van der Waals surface area contributed by atoms with Gasteiger partial charge in [-0.15, -0.1) is 0 Å². The summed E-state index contributed by atoms with van der Waals surface area (Å²) >= 11 is 0. The molecule has 37 heavy (non-hydrogen) atoms. The molecule has 2 amide bonds. The maximum Gasteiger partial charge on any atom is 0.254 e. The van der Waals surface area contributed by atoms with Gasteiger partial charge in [-0.3, -0.25) is 9.59 Å². The highest BCUT2D eigenvalue weighted by molar-refractivity contribution is 6.02. The zero-order chi connectivity index (χ0) is 25.9. The van der Waals surface area contributed by atoms with Crippen LogP contribution in [0.5, 0.6) is 11.5 Å². The van der Waals surface area contributed by atoms with Gasteiger partial charge in [-0.1, -0.05) is 37.6 Å². The number of piperidine rings is 1. The predicted molar refractivity (Wildman–Crippen MR) is 143 cm³/mol. The molecule has 3 unspecified atom stereocenters. The van der Waals surface area contributed by atoms with Crippen molar-refractivity contribution in [3.8, 4) is 11.5 Å². The van der Waals surface area contributed by atoms with Crippen LogP contribution >= 0.6 is 0 Å². The molecule has 2 aromatic carbocycles. The molecule has 198 valence electrons. The molecule has 3 aliphatic rings. The molecule has 0 spiro atoms. The number of fused-ring (bicyclic) bond motifs is 4. The Hall–Kier alpha value is -3.06. The van der Waals surface area contributed by atoms with E-state index in [1.165, 1.54) is 31.2 Å². The van der Waals surface area contributed by atoms with Crippen LogP contribution in [0.4, 0.5) is 0 Å². The number of methoxy groups -OCH3 is 2. The van der Waals surface area contributed by atoms with Gasteiger partial charge in [0.2, 0.25) is 5.91 Å². The molecular formula is C30H39N3O4. The van der Waals surface area contributed by atoms with Crippen molar-refractivity contribution in [3.05, 3.63) is 58.7 Å². The Balaban J connectivity index is 1.42. The Kier molecular flexibility index (Phi) is 7.70. The maximum atomic E-state index is 13.9. The van der Waals surface area contributed by atoms with E-state index in [9.17, 15) is 9.59 Å². The molecule has 3 aliphatic heterocycles. The minimum absolute atomic E-state index is 0.0432. The van der Waals surface area contributed by atoms with E-state index in [0.717, 1.165) is 31.5 Å². The van der Waals surface area contributed by atoms with Gasteiger partial charge in [-0.25, -0.2) is 0 Å². The topological polar surface area (TPSA) is 71.1 Å². The van der Waals surface area contributed by atoms with Gasteiger partial charge in [0.1, 0.15) is 0 Å². The highest BCUT2D eigenvalue weighted by atomic mass is 16.5. The van der Waals surface area contributed by atoms with Crippen LogP contribution in [0.3, 0.4) is 0 Å². The smallest absolute Gasteiger partial charge is 0.254 e. The number of carbonyl (C=O) groups is 2. The van der Waals surface area contributed by atoms with Crippen molar-refractivity contribution in [2.45, 2.75) is 63.5 Å². The average molecular weight is 506 g/mol. The zero-order valence-electron chi connectivity index (χ0n) is 22.3. The first-order chi connectivity index (χ1) is 18.1. The first-order valence-electron chi connectivity index (χ1n) is 13.7. The lowest BCUT2D eigenvalue weighted by Gasteiger charge is -2.45. The summed E-state index contributed by atoms with van der Waals surface area (Å²) in [6.07, 6.45) is 6.73. The first kappa shape index (κ1) is 25.6. The Bertz CT molecular complexity index is 1150. The van der Waals surface area contributed by atoms with Gasteiger partial charge < -0.3 is 24.6 Å². The van der Waals surface area contributed by atoms with E-state index >= 15 is 0 Å². The number of hydrogen-bond acceptors (Lipinski definition) is 5. The normalized spacial score (nSPS) is 23.1. The third kappa shape index (κ3) is 4.81. The van der Waals surface area contributed by atoms with Gasteiger partial charge in [0.15, 0.2) is 11.5 Å². The third-order valence-corrected chi connectivity index (χ3v) is 8.45. The highest BCUT2D eigenvalue weighted by Gasteiger charge is 2.46.